The third-order valence-electron chi connectivity index (χ3n) is 2.96. The molecule has 0 amide bonds. The lowest BCUT2D eigenvalue weighted by Crippen LogP contribution is -1.96. The fraction of sp³-hybridized carbons (Fsp3) is 0.222. The summed E-state index contributed by atoms with van der Waals surface area (Å²) in [6.45, 7) is 2.91. The Morgan fingerprint density at radius 2 is 1.70 bits per heavy atom. The minimum Gasteiger partial charge on any atom is -0.508 e. The van der Waals surface area contributed by atoms with Crippen LogP contribution in [0.2, 0.25) is 0 Å². The van der Waals surface area contributed by atoms with Gasteiger partial charge in [-0.2, -0.15) is 0 Å². The monoisotopic (exact) mass is 268 g/mol. The molecule has 2 aromatic carbocycles. The number of ether oxygens (including phenoxy) is 1. The van der Waals surface area contributed by atoms with Crippen molar-refractivity contribution in [1.82, 2.24) is 0 Å². The van der Waals surface area contributed by atoms with Gasteiger partial charge in [0.05, 0.1) is 6.61 Å². The SMILES string of the molecule is CCCCOc1cccc(/C=C/c2cccc(O)c2)c1. The van der Waals surface area contributed by atoms with E-state index in [-0.39, 0.29) is 5.75 Å². The molecular formula is C18H20O2. The molecule has 2 aromatic rings. The summed E-state index contributed by atoms with van der Waals surface area (Å²) in [6, 6.07) is 15.2. The van der Waals surface area contributed by atoms with E-state index in [1.54, 1.807) is 12.1 Å². The van der Waals surface area contributed by atoms with Crippen LogP contribution in [0.25, 0.3) is 12.2 Å². The van der Waals surface area contributed by atoms with Crippen LogP contribution in [0.3, 0.4) is 0 Å². The summed E-state index contributed by atoms with van der Waals surface area (Å²) in [5, 5.41) is 9.42. The first-order valence-corrected chi connectivity index (χ1v) is 6.98. The highest BCUT2D eigenvalue weighted by Gasteiger charge is 1.95. The van der Waals surface area contributed by atoms with Crippen molar-refractivity contribution in [2.24, 2.45) is 0 Å². The fourth-order valence-electron chi connectivity index (χ4n) is 1.86. The lowest BCUT2D eigenvalue weighted by Gasteiger charge is -2.05. The van der Waals surface area contributed by atoms with Gasteiger partial charge in [0, 0.05) is 0 Å². The molecule has 0 aliphatic heterocycles. The van der Waals surface area contributed by atoms with Crippen LogP contribution >= 0.6 is 0 Å². The average molecular weight is 268 g/mol. The van der Waals surface area contributed by atoms with Gasteiger partial charge in [0.25, 0.3) is 0 Å². The quantitative estimate of drug-likeness (QED) is 0.605. The lowest BCUT2D eigenvalue weighted by atomic mass is 10.1. The second-order valence-electron chi connectivity index (χ2n) is 4.70. The standard InChI is InChI=1S/C18H20O2/c1-2-3-12-20-18-9-5-7-16(14-18)11-10-15-6-4-8-17(19)13-15/h4-11,13-14,19H,2-3,12H2,1H3/b11-10+. The molecule has 0 atom stereocenters. The Bertz CT molecular complexity index is 573. The summed E-state index contributed by atoms with van der Waals surface area (Å²) < 4.78 is 5.68. The highest BCUT2D eigenvalue weighted by molar-refractivity contribution is 5.70. The van der Waals surface area contributed by atoms with Crippen LogP contribution < -0.4 is 4.74 Å². The topological polar surface area (TPSA) is 29.5 Å². The summed E-state index contributed by atoms with van der Waals surface area (Å²) in [4.78, 5) is 0. The van der Waals surface area contributed by atoms with Gasteiger partial charge in [-0.3, -0.25) is 0 Å². The maximum Gasteiger partial charge on any atom is 0.119 e. The molecule has 104 valence electrons. The molecule has 20 heavy (non-hydrogen) atoms. The smallest absolute Gasteiger partial charge is 0.119 e. The number of aromatic hydroxyl groups is 1. The van der Waals surface area contributed by atoms with E-state index in [0.29, 0.717) is 0 Å². The number of phenolic OH excluding ortho intramolecular Hbond substituents is 1. The zero-order valence-corrected chi connectivity index (χ0v) is 11.8. The zero-order valence-electron chi connectivity index (χ0n) is 11.8. The molecule has 0 aliphatic rings. The van der Waals surface area contributed by atoms with E-state index < -0.39 is 0 Å². The molecule has 2 nitrogen and oxygen atoms in total. The summed E-state index contributed by atoms with van der Waals surface area (Å²) in [7, 11) is 0. The van der Waals surface area contributed by atoms with E-state index >= 15 is 0 Å². The summed E-state index contributed by atoms with van der Waals surface area (Å²) in [6.07, 6.45) is 6.20. The van der Waals surface area contributed by atoms with Crippen molar-refractivity contribution in [3.8, 4) is 11.5 Å². The normalized spacial score (nSPS) is 10.8. The molecule has 0 aromatic heterocycles. The summed E-state index contributed by atoms with van der Waals surface area (Å²) in [5.74, 6) is 1.18. The number of rotatable bonds is 6. The number of phenols is 1. The minimum atomic E-state index is 0.281. The van der Waals surface area contributed by atoms with E-state index in [2.05, 4.69) is 6.92 Å². The minimum absolute atomic E-state index is 0.281. The molecule has 1 N–H and O–H groups in total. The van der Waals surface area contributed by atoms with Crippen molar-refractivity contribution < 1.29 is 9.84 Å². The zero-order chi connectivity index (χ0) is 14.2. The van der Waals surface area contributed by atoms with Crippen LogP contribution in [0.5, 0.6) is 11.5 Å². The second-order valence-corrected chi connectivity index (χ2v) is 4.70. The Morgan fingerprint density at radius 1 is 1.00 bits per heavy atom. The molecular weight excluding hydrogens is 248 g/mol. The summed E-state index contributed by atoms with van der Waals surface area (Å²) >= 11 is 0. The number of hydrogen-bond acceptors (Lipinski definition) is 2. The average Bonchev–Trinajstić information content (AvgIpc) is 2.46. The first-order valence-electron chi connectivity index (χ1n) is 6.98. The molecule has 2 heteroatoms. The fourth-order valence-corrected chi connectivity index (χ4v) is 1.86. The molecule has 0 bridgehead atoms. The van der Waals surface area contributed by atoms with Crippen LogP contribution in [0, 0.1) is 0 Å². The van der Waals surface area contributed by atoms with E-state index in [4.69, 9.17) is 4.74 Å². The van der Waals surface area contributed by atoms with Gasteiger partial charge in [-0.25, -0.2) is 0 Å². The van der Waals surface area contributed by atoms with Crippen molar-refractivity contribution >= 4 is 12.2 Å². The van der Waals surface area contributed by atoms with Crippen molar-refractivity contribution in [1.29, 1.82) is 0 Å². The van der Waals surface area contributed by atoms with Gasteiger partial charge in [0.15, 0.2) is 0 Å². The van der Waals surface area contributed by atoms with Gasteiger partial charge in [-0.15, -0.1) is 0 Å². The Balaban J connectivity index is 2.03. The summed E-state index contributed by atoms with van der Waals surface area (Å²) in [5.41, 5.74) is 2.06. The molecule has 0 fully saturated rings. The van der Waals surface area contributed by atoms with Crippen LogP contribution in [-0.4, -0.2) is 11.7 Å². The number of hydrogen-bond donors (Lipinski definition) is 1. The molecule has 0 saturated heterocycles. The Kier molecular flexibility index (Phi) is 5.24. The van der Waals surface area contributed by atoms with E-state index in [0.717, 1.165) is 36.3 Å². The van der Waals surface area contributed by atoms with E-state index in [1.165, 1.54) is 0 Å². The Morgan fingerprint density at radius 3 is 2.40 bits per heavy atom. The van der Waals surface area contributed by atoms with Crippen LogP contribution in [0.15, 0.2) is 48.5 Å². The Labute approximate surface area is 120 Å². The second kappa shape index (κ2) is 7.39. The molecule has 0 radical (unpaired) electrons. The highest BCUT2D eigenvalue weighted by Crippen LogP contribution is 2.17. The number of unbranched alkanes of at least 4 members (excludes halogenated alkanes) is 1. The number of benzene rings is 2. The molecule has 0 heterocycles. The van der Waals surface area contributed by atoms with Crippen molar-refractivity contribution in [2.75, 3.05) is 6.61 Å². The lowest BCUT2D eigenvalue weighted by molar-refractivity contribution is 0.309. The molecule has 2 rings (SSSR count). The van der Waals surface area contributed by atoms with Gasteiger partial charge in [-0.1, -0.05) is 49.8 Å². The van der Waals surface area contributed by atoms with Crippen LogP contribution in [0.1, 0.15) is 30.9 Å². The van der Waals surface area contributed by atoms with Gasteiger partial charge in [0.2, 0.25) is 0 Å². The highest BCUT2D eigenvalue weighted by atomic mass is 16.5. The third-order valence-corrected chi connectivity index (χ3v) is 2.96. The predicted octanol–water partition coefficient (Wildman–Crippen LogP) is 4.74. The van der Waals surface area contributed by atoms with Crippen LogP contribution in [0.4, 0.5) is 0 Å². The molecule has 0 aliphatic carbocycles. The Hall–Kier alpha value is -2.22. The third kappa shape index (κ3) is 4.47. The predicted molar refractivity (Wildman–Crippen MR) is 83.9 cm³/mol. The van der Waals surface area contributed by atoms with Gasteiger partial charge < -0.3 is 9.84 Å². The first kappa shape index (κ1) is 14.2. The van der Waals surface area contributed by atoms with Gasteiger partial charge >= 0.3 is 0 Å². The van der Waals surface area contributed by atoms with Crippen molar-refractivity contribution in [3.63, 3.8) is 0 Å². The van der Waals surface area contributed by atoms with Crippen LogP contribution in [-0.2, 0) is 0 Å². The van der Waals surface area contributed by atoms with Crippen molar-refractivity contribution in [2.45, 2.75) is 19.8 Å². The molecule has 0 unspecified atom stereocenters. The molecule has 0 spiro atoms. The largest absolute Gasteiger partial charge is 0.508 e. The van der Waals surface area contributed by atoms with Gasteiger partial charge in [0.1, 0.15) is 11.5 Å². The maximum atomic E-state index is 9.42. The first-order chi connectivity index (χ1) is 9.78. The van der Waals surface area contributed by atoms with Gasteiger partial charge in [-0.05, 0) is 41.8 Å². The van der Waals surface area contributed by atoms with E-state index in [9.17, 15) is 5.11 Å². The molecule has 0 saturated carbocycles. The van der Waals surface area contributed by atoms with E-state index in [1.807, 2.05) is 48.6 Å². The van der Waals surface area contributed by atoms with Crippen molar-refractivity contribution in [3.05, 3.63) is 59.7 Å². The maximum absolute atomic E-state index is 9.42.